The van der Waals surface area contributed by atoms with Gasteiger partial charge in [0.05, 0.1) is 4.90 Å². The normalized spacial score (nSPS) is 14.0. The fourth-order valence-electron chi connectivity index (χ4n) is 1.21. The summed E-state index contributed by atoms with van der Waals surface area (Å²) in [5, 5.41) is 0. The molecule has 78 valence electrons. The van der Waals surface area contributed by atoms with Gasteiger partial charge < -0.3 is 5.73 Å². The van der Waals surface area contributed by atoms with E-state index in [-0.39, 0.29) is 6.04 Å². The van der Waals surface area contributed by atoms with Crippen LogP contribution in [0.4, 0.5) is 0 Å². The van der Waals surface area contributed by atoms with Gasteiger partial charge in [0.25, 0.3) is 0 Å². The van der Waals surface area contributed by atoms with E-state index in [0.717, 1.165) is 4.47 Å². The zero-order valence-corrected chi connectivity index (χ0v) is 10.4. The number of nitrogens with two attached hydrogens (primary N) is 1. The number of sulfone groups is 1. The first-order valence-corrected chi connectivity index (χ1v) is 6.76. The van der Waals surface area contributed by atoms with Crippen molar-refractivity contribution in [2.24, 2.45) is 5.73 Å². The Morgan fingerprint density at radius 3 is 2.43 bits per heavy atom. The number of hydrogen-bond donors (Lipinski definition) is 1. The highest BCUT2D eigenvalue weighted by atomic mass is 79.9. The first kappa shape index (κ1) is 11.7. The van der Waals surface area contributed by atoms with E-state index in [9.17, 15) is 8.42 Å². The predicted molar refractivity (Wildman–Crippen MR) is 59.9 cm³/mol. The van der Waals surface area contributed by atoms with Gasteiger partial charge in [-0.3, -0.25) is 0 Å². The molecule has 0 saturated heterocycles. The highest BCUT2D eigenvalue weighted by molar-refractivity contribution is 9.10. The molecule has 0 bridgehead atoms. The molecule has 2 N–H and O–H groups in total. The van der Waals surface area contributed by atoms with E-state index in [1.54, 1.807) is 25.1 Å². The van der Waals surface area contributed by atoms with Crippen molar-refractivity contribution in [2.75, 3.05) is 6.26 Å². The Labute approximate surface area is 92.4 Å². The Balaban J connectivity index is 3.46. The molecule has 14 heavy (non-hydrogen) atoms. The molecule has 0 aliphatic rings. The van der Waals surface area contributed by atoms with E-state index in [2.05, 4.69) is 15.9 Å². The Bertz CT molecular complexity index is 440. The van der Waals surface area contributed by atoms with Crippen LogP contribution in [0.2, 0.25) is 0 Å². The maximum absolute atomic E-state index is 11.4. The number of hydrogen-bond acceptors (Lipinski definition) is 3. The van der Waals surface area contributed by atoms with Crippen molar-refractivity contribution in [2.45, 2.75) is 17.9 Å². The van der Waals surface area contributed by atoms with Crippen LogP contribution in [0.15, 0.2) is 27.6 Å². The van der Waals surface area contributed by atoms with Crippen molar-refractivity contribution in [3.63, 3.8) is 0 Å². The lowest BCUT2D eigenvalue weighted by Gasteiger charge is -2.11. The van der Waals surface area contributed by atoms with Crippen LogP contribution in [0, 0.1) is 0 Å². The van der Waals surface area contributed by atoms with E-state index in [4.69, 9.17) is 5.73 Å². The SMILES string of the molecule is C[C@@H](N)c1ccc(Br)cc1S(C)(=O)=O. The molecular formula is C9H12BrNO2S. The van der Waals surface area contributed by atoms with E-state index >= 15 is 0 Å². The molecule has 0 fully saturated rings. The van der Waals surface area contributed by atoms with Crippen LogP contribution >= 0.6 is 15.9 Å². The fraction of sp³-hybridized carbons (Fsp3) is 0.333. The summed E-state index contributed by atoms with van der Waals surface area (Å²) in [6.07, 6.45) is 1.18. The molecule has 5 heteroatoms. The first-order chi connectivity index (χ1) is 6.32. The van der Waals surface area contributed by atoms with Crippen LogP contribution in [0.5, 0.6) is 0 Å². The lowest BCUT2D eigenvalue weighted by molar-refractivity contribution is 0.599. The molecule has 0 unspecified atom stereocenters. The lowest BCUT2D eigenvalue weighted by Crippen LogP contribution is -2.11. The van der Waals surface area contributed by atoms with Gasteiger partial charge in [-0.1, -0.05) is 22.0 Å². The second-order valence-electron chi connectivity index (χ2n) is 3.24. The molecule has 0 spiro atoms. The number of halogens is 1. The second kappa shape index (κ2) is 4.00. The van der Waals surface area contributed by atoms with Crippen molar-refractivity contribution in [1.29, 1.82) is 0 Å². The zero-order chi connectivity index (χ0) is 10.9. The largest absolute Gasteiger partial charge is 0.324 e. The summed E-state index contributed by atoms with van der Waals surface area (Å²) in [7, 11) is -3.21. The highest BCUT2D eigenvalue weighted by Crippen LogP contribution is 2.24. The van der Waals surface area contributed by atoms with E-state index in [1.807, 2.05) is 0 Å². The summed E-state index contributed by atoms with van der Waals surface area (Å²) >= 11 is 3.23. The fourth-order valence-corrected chi connectivity index (χ4v) is 2.74. The molecule has 0 amide bonds. The number of rotatable bonds is 2. The molecular weight excluding hydrogens is 266 g/mol. The third-order valence-electron chi connectivity index (χ3n) is 1.87. The average Bonchev–Trinajstić information content (AvgIpc) is 2.01. The minimum absolute atomic E-state index is 0.284. The van der Waals surface area contributed by atoms with Gasteiger partial charge in [0.2, 0.25) is 0 Å². The number of benzene rings is 1. The molecule has 0 heterocycles. The predicted octanol–water partition coefficient (Wildman–Crippen LogP) is 1.87. The van der Waals surface area contributed by atoms with Gasteiger partial charge in [-0.05, 0) is 24.6 Å². The standard InChI is InChI=1S/C9H12BrNO2S/c1-6(11)8-4-3-7(10)5-9(8)14(2,12)13/h3-6H,11H2,1-2H3/t6-/m1/s1. The Morgan fingerprint density at radius 1 is 1.43 bits per heavy atom. The second-order valence-corrected chi connectivity index (χ2v) is 6.14. The average molecular weight is 278 g/mol. The van der Waals surface area contributed by atoms with Gasteiger partial charge >= 0.3 is 0 Å². The molecule has 3 nitrogen and oxygen atoms in total. The van der Waals surface area contributed by atoms with Crippen molar-refractivity contribution >= 4 is 25.8 Å². The summed E-state index contributed by atoms with van der Waals surface area (Å²) in [5.74, 6) is 0. The van der Waals surface area contributed by atoms with Crippen LogP contribution < -0.4 is 5.73 Å². The lowest BCUT2D eigenvalue weighted by atomic mass is 10.1. The van der Waals surface area contributed by atoms with Gasteiger partial charge in [0, 0.05) is 16.8 Å². The zero-order valence-electron chi connectivity index (χ0n) is 7.99. The van der Waals surface area contributed by atoms with Crippen molar-refractivity contribution in [3.8, 4) is 0 Å². The van der Waals surface area contributed by atoms with Crippen LogP contribution in [0.3, 0.4) is 0 Å². The Hall–Kier alpha value is -0.390. The minimum Gasteiger partial charge on any atom is -0.324 e. The maximum atomic E-state index is 11.4. The molecule has 1 aromatic rings. The molecule has 0 aliphatic heterocycles. The first-order valence-electron chi connectivity index (χ1n) is 4.07. The maximum Gasteiger partial charge on any atom is 0.175 e. The van der Waals surface area contributed by atoms with E-state index in [0.29, 0.717) is 10.5 Å². The molecule has 0 radical (unpaired) electrons. The Morgan fingerprint density at radius 2 is 2.00 bits per heavy atom. The minimum atomic E-state index is -3.21. The van der Waals surface area contributed by atoms with Gasteiger partial charge in [0.1, 0.15) is 0 Å². The van der Waals surface area contributed by atoms with Crippen LogP contribution in [0.1, 0.15) is 18.5 Å². The van der Waals surface area contributed by atoms with Crippen molar-refractivity contribution in [1.82, 2.24) is 0 Å². The topological polar surface area (TPSA) is 60.2 Å². The summed E-state index contributed by atoms with van der Waals surface area (Å²) in [5.41, 5.74) is 6.33. The highest BCUT2D eigenvalue weighted by Gasteiger charge is 2.15. The molecule has 1 atom stereocenters. The quantitative estimate of drug-likeness (QED) is 0.898. The van der Waals surface area contributed by atoms with E-state index < -0.39 is 9.84 Å². The summed E-state index contributed by atoms with van der Waals surface area (Å²) < 4.78 is 23.6. The molecule has 1 aromatic carbocycles. The smallest absolute Gasteiger partial charge is 0.175 e. The molecule has 1 rings (SSSR count). The van der Waals surface area contributed by atoms with Crippen molar-refractivity contribution < 1.29 is 8.42 Å². The van der Waals surface area contributed by atoms with Crippen LogP contribution in [-0.4, -0.2) is 14.7 Å². The van der Waals surface area contributed by atoms with Gasteiger partial charge in [-0.25, -0.2) is 8.42 Å². The van der Waals surface area contributed by atoms with Gasteiger partial charge in [-0.15, -0.1) is 0 Å². The third kappa shape index (κ3) is 2.56. The van der Waals surface area contributed by atoms with Gasteiger partial charge in [-0.2, -0.15) is 0 Å². The van der Waals surface area contributed by atoms with Crippen LogP contribution in [-0.2, 0) is 9.84 Å². The molecule has 0 aromatic heterocycles. The molecule has 0 aliphatic carbocycles. The Kier molecular flexibility index (Phi) is 3.34. The van der Waals surface area contributed by atoms with Gasteiger partial charge in [0.15, 0.2) is 9.84 Å². The monoisotopic (exact) mass is 277 g/mol. The summed E-state index contributed by atoms with van der Waals surface area (Å²) in [6, 6.07) is 4.81. The van der Waals surface area contributed by atoms with Crippen LogP contribution in [0.25, 0.3) is 0 Å². The molecule has 0 saturated carbocycles. The summed E-state index contributed by atoms with van der Waals surface area (Å²) in [4.78, 5) is 0.293. The van der Waals surface area contributed by atoms with Crippen molar-refractivity contribution in [3.05, 3.63) is 28.2 Å². The summed E-state index contributed by atoms with van der Waals surface area (Å²) in [6.45, 7) is 1.76. The van der Waals surface area contributed by atoms with E-state index in [1.165, 1.54) is 6.26 Å². The third-order valence-corrected chi connectivity index (χ3v) is 3.51.